The van der Waals surface area contributed by atoms with Gasteiger partial charge in [0.25, 0.3) is 5.56 Å². The van der Waals surface area contributed by atoms with Crippen LogP contribution in [0.5, 0.6) is 0 Å². The van der Waals surface area contributed by atoms with Gasteiger partial charge in [-0.1, -0.05) is 11.6 Å². The van der Waals surface area contributed by atoms with Crippen molar-refractivity contribution in [3.05, 3.63) is 21.7 Å². The van der Waals surface area contributed by atoms with Gasteiger partial charge in [0.05, 0.1) is 6.33 Å². The Balaban J connectivity index is 2.14. The average molecular weight is 243 g/mol. The minimum atomic E-state index is -0.310. The van der Waals surface area contributed by atoms with Crippen LogP contribution in [0.25, 0.3) is 0 Å². The molecule has 88 valence electrons. The van der Waals surface area contributed by atoms with E-state index in [4.69, 9.17) is 11.6 Å². The zero-order valence-electron chi connectivity index (χ0n) is 9.09. The van der Waals surface area contributed by atoms with E-state index in [0.29, 0.717) is 11.9 Å². The second-order valence-corrected chi connectivity index (χ2v) is 4.41. The second-order valence-electron chi connectivity index (χ2n) is 4.03. The molecular formula is C10H15ClN4O. The molecule has 2 rings (SSSR count). The molecular weight excluding hydrogens is 228 g/mol. The quantitative estimate of drug-likeness (QED) is 0.723. The Morgan fingerprint density at radius 3 is 3.19 bits per heavy atom. The predicted molar refractivity (Wildman–Crippen MR) is 64.0 cm³/mol. The van der Waals surface area contributed by atoms with Gasteiger partial charge >= 0.3 is 0 Å². The fourth-order valence-corrected chi connectivity index (χ4v) is 2.06. The first-order chi connectivity index (χ1) is 7.68. The lowest BCUT2D eigenvalue weighted by molar-refractivity contribution is 0.388. The van der Waals surface area contributed by atoms with E-state index in [9.17, 15) is 4.79 Å². The summed E-state index contributed by atoms with van der Waals surface area (Å²) >= 11 is 5.87. The summed E-state index contributed by atoms with van der Waals surface area (Å²) in [5.74, 6) is 0.464. The number of piperidine rings is 1. The van der Waals surface area contributed by atoms with Crippen LogP contribution < -0.4 is 16.2 Å². The number of anilines is 1. The zero-order chi connectivity index (χ0) is 11.5. The number of hydrogen-bond donors (Lipinski definition) is 3. The van der Waals surface area contributed by atoms with Crippen LogP contribution in [-0.2, 0) is 0 Å². The molecule has 0 aliphatic carbocycles. The number of aromatic amines is 1. The van der Waals surface area contributed by atoms with Crippen molar-refractivity contribution >= 4 is 17.4 Å². The number of hydrogen-bond acceptors (Lipinski definition) is 4. The normalized spacial score (nSPS) is 25.4. The number of nitrogens with zero attached hydrogens (tertiary/aromatic N) is 1. The van der Waals surface area contributed by atoms with Crippen LogP contribution in [0.4, 0.5) is 5.82 Å². The van der Waals surface area contributed by atoms with Crippen LogP contribution in [0.2, 0.25) is 5.02 Å². The van der Waals surface area contributed by atoms with Gasteiger partial charge in [0.1, 0.15) is 5.02 Å². The van der Waals surface area contributed by atoms with Crippen LogP contribution in [0, 0.1) is 0 Å². The van der Waals surface area contributed by atoms with Crippen molar-refractivity contribution in [2.45, 2.75) is 31.8 Å². The van der Waals surface area contributed by atoms with E-state index in [0.717, 1.165) is 19.4 Å². The van der Waals surface area contributed by atoms with Crippen LogP contribution >= 0.6 is 11.6 Å². The second kappa shape index (κ2) is 4.84. The Morgan fingerprint density at radius 1 is 1.62 bits per heavy atom. The third-order valence-corrected chi connectivity index (χ3v) is 3.23. The summed E-state index contributed by atoms with van der Waals surface area (Å²) < 4.78 is 0. The Kier molecular flexibility index (Phi) is 3.46. The average Bonchev–Trinajstić information content (AvgIpc) is 2.28. The largest absolute Gasteiger partial charge is 0.364 e. The summed E-state index contributed by atoms with van der Waals surface area (Å²) in [6.45, 7) is 3.15. The lowest BCUT2D eigenvalue weighted by Gasteiger charge is -2.31. The van der Waals surface area contributed by atoms with E-state index in [1.165, 1.54) is 6.33 Å². The van der Waals surface area contributed by atoms with E-state index in [1.807, 2.05) is 0 Å². The molecule has 0 aromatic carbocycles. The molecule has 1 aromatic heterocycles. The predicted octanol–water partition coefficient (Wildman–Crippen LogP) is 0.976. The zero-order valence-corrected chi connectivity index (χ0v) is 9.84. The highest BCUT2D eigenvalue weighted by Gasteiger charge is 2.21. The van der Waals surface area contributed by atoms with Crippen molar-refractivity contribution in [3.63, 3.8) is 0 Å². The van der Waals surface area contributed by atoms with Gasteiger partial charge in [0, 0.05) is 12.1 Å². The molecule has 0 radical (unpaired) electrons. The maximum atomic E-state index is 11.3. The Bertz CT molecular complexity index is 420. The van der Waals surface area contributed by atoms with Crippen LogP contribution in [0.1, 0.15) is 19.8 Å². The Morgan fingerprint density at radius 2 is 2.44 bits per heavy atom. The van der Waals surface area contributed by atoms with Gasteiger partial charge in [-0.2, -0.15) is 0 Å². The summed E-state index contributed by atoms with van der Waals surface area (Å²) in [5.41, 5.74) is -0.310. The topological polar surface area (TPSA) is 69.8 Å². The van der Waals surface area contributed by atoms with Gasteiger partial charge in [-0.05, 0) is 26.3 Å². The molecule has 6 heteroatoms. The molecule has 3 N–H and O–H groups in total. The Labute approximate surface area is 98.6 Å². The molecule has 2 unspecified atom stereocenters. The number of rotatable bonds is 2. The molecule has 1 aliphatic rings. The van der Waals surface area contributed by atoms with E-state index in [2.05, 4.69) is 27.5 Å². The summed E-state index contributed by atoms with van der Waals surface area (Å²) in [5, 5.41) is 6.71. The number of aromatic nitrogens is 2. The number of halogens is 1. The standard InChI is InChI=1S/C10H15ClN4O/c1-6-7(3-2-4-12-6)15-9-8(11)10(16)14-5-13-9/h5-7,12H,2-4H2,1H3,(H2,13,14,15,16). The first kappa shape index (κ1) is 11.4. The van der Waals surface area contributed by atoms with Gasteiger partial charge < -0.3 is 15.6 Å². The van der Waals surface area contributed by atoms with Gasteiger partial charge in [-0.25, -0.2) is 4.98 Å². The van der Waals surface area contributed by atoms with E-state index in [-0.39, 0.29) is 16.6 Å². The third kappa shape index (κ3) is 2.36. The summed E-state index contributed by atoms with van der Waals surface area (Å²) in [6, 6.07) is 0.617. The summed E-state index contributed by atoms with van der Waals surface area (Å²) in [6.07, 6.45) is 3.53. The summed E-state index contributed by atoms with van der Waals surface area (Å²) in [4.78, 5) is 17.8. The van der Waals surface area contributed by atoms with Crippen molar-refractivity contribution in [2.75, 3.05) is 11.9 Å². The van der Waals surface area contributed by atoms with Gasteiger partial charge in [0.2, 0.25) is 0 Å². The molecule has 1 aliphatic heterocycles. The van der Waals surface area contributed by atoms with Crippen LogP contribution in [0.3, 0.4) is 0 Å². The maximum Gasteiger partial charge on any atom is 0.271 e. The van der Waals surface area contributed by atoms with Crippen molar-refractivity contribution in [3.8, 4) is 0 Å². The van der Waals surface area contributed by atoms with Gasteiger partial charge in [-0.3, -0.25) is 4.79 Å². The third-order valence-electron chi connectivity index (χ3n) is 2.88. The molecule has 5 nitrogen and oxygen atoms in total. The SMILES string of the molecule is CC1NCCCC1Nc1nc[nH]c(=O)c1Cl. The van der Waals surface area contributed by atoms with E-state index in [1.54, 1.807) is 0 Å². The van der Waals surface area contributed by atoms with Crippen molar-refractivity contribution in [2.24, 2.45) is 0 Å². The monoisotopic (exact) mass is 242 g/mol. The minimum Gasteiger partial charge on any atom is -0.364 e. The highest BCUT2D eigenvalue weighted by atomic mass is 35.5. The highest BCUT2D eigenvalue weighted by molar-refractivity contribution is 6.32. The van der Waals surface area contributed by atoms with E-state index >= 15 is 0 Å². The Hall–Kier alpha value is -1.07. The van der Waals surface area contributed by atoms with Crippen molar-refractivity contribution < 1.29 is 0 Å². The lowest BCUT2D eigenvalue weighted by atomic mass is 10.00. The van der Waals surface area contributed by atoms with Gasteiger partial charge in [-0.15, -0.1) is 0 Å². The molecule has 1 saturated heterocycles. The maximum absolute atomic E-state index is 11.3. The molecule has 1 aromatic rings. The molecule has 2 heterocycles. The molecule has 0 saturated carbocycles. The van der Waals surface area contributed by atoms with Gasteiger partial charge in [0.15, 0.2) is 5.82 Å². The molecule has 16 heavy (non-hydrogen) atoms. The fraction of sp³-hybridized carbons (Fsp3) is 0.600. The smallest absolute Gasteiger partial charge is 0.271 e. The van der Waals surface area contributed by atoms with Crippen molar-refractivity contribution in [1.29, 1.82) is 0 Å². The fourth-order valence-electron chi connectivity index (χ4n) is 1.90. The molecule has 0 amide bonds. The molecule has 1 fully saturated rings. The molecule has 0 spiro atoms. The first-order valence-electron chi connectivity index (χ1n) is 5.41. The first-order valence-corrected chi connectivity index (χ1v) is 5.79. The molecule has 0 bridgehead atoms. The number of H-pyrrole nitrogens is 1. The lowest BCUT2D eigenvalue weighted by Crippen LogP contribution is -2.46. The van der Waals surface area contributed by atoms with E-state index < -0.39 is 0 Å². The van der Waals surface area contributed by atoms with Crippen LogP contribution in [0.15, 0.2) is 11.1 Å². The highest BCUT2D eigenvalue weighted by Crippen LogP contribution is 2.18. The van der Waals surface area contributed by atoms with Crippen molar-refractivity contribution in [1.82, 2.24) is 15.3 Å². The molecule has 2 atom stereocenters. The summed E-state index contributed by atoms with van der Waals surface area (Å²) in [7, 11) is 0. The number of nitrogens with one attached hydrogen (secondary N) is 3. The van der Waals surface area contributed by atoms with Crippen LogP contribution in [-0.4, -0.2) is 28.6 Å². The minimum absolute atomic E-state index is 0.125.